The van der Waals surface area contributed by atoms with Crippen molar-refractivity contribution in [3.63, 3.8) is 0 Å². The fourth-order valence-electron chi connectivity index (χ4n) is 4.01. The van der Waals surface area contributed by atoms with Crippen LogP contribution in [0, 0.1) is 0 Å². The third-order valence-corrected chi connectivity index (χ3v) is 5.65. The molecule has 0 atom stereocenters. The number of amides is 2. The number of likely N-dealkylation sites (tertiary alicyclic amines) is 1. The maximum absolute atomic E-state index is 12.5. The molecule has 2 aromatic rings. The minimum Gasteiger partial charge on any atom is -0.340 e. The van der Waals surface area contributed by atoms with Crippen LogP contribution < -0.4 is 5.32 Å². The van der Waals surface area contributed by atoms with Crippen molar-refractivity contribution in [2.24, 2.45) is 0 Å². The molecule has 26 heavy (non-hydrogen) atoms. The topological polar surface area (TPSA) is 67.5 Å². The number of imidazole rings is 1. The normalized spacial score (nSPS) is 20.6. The molecule has 2 fully saturated rings. The number of hydrogen-bond acceptors (Lipinski definition) is 4. The number of carbonyl (C=O) groups is 1. The van der Waals surface area contributed by atoms with Crippen LogP contribution in [0.5, 0.6) is 0 Å². The number of nitrogens with zero attached hydrogens (tertiary/aromatic N) is 4. The van der Waals surface area contributed by atoms with Crippen LogP contribution in [0.1, 0.15) is 18.7 Å². The molecule has 2 aliphatic rings. The third kappa shape index (κ3) is 3.83. The van der Waals surface area contributed by atoms with E-state index in [1.54, 1.807) is 0 Å². The summed E-state index contributed by atoms with van der Waals surface area (Å²) in [6, 6.07) is 8.61. The van der Waals surface area contributed by atoms with E-state index in [0.29, 0.717) is 12.6 Å². The lowest BCUT2D eigenvalue weighted by Gasteiger charge is -2.42. The van der Waals surface area contributed by atoms with Crippen molar-refractivity contribution in [1.82, 2.24) is 30.0 Å². The summed E-state index contributed by atoms with van der Waals surface area (Å²) in [5.74, 6) is 0.796. The van der Waals surface area contributed by atoms with Gasteiger partial charge in [0.2, 0.25) is 0 Å². The van der Waals surface area contributed by atoms with E-state index in [1.165, 1.54) is 25.9 Å². The Balaban J connectivity index is 1.24. The molecule has 0 unspecified atom stereocenters. The van der Waals surface area contributed by atoms with Crippen LogP contribution in [0.2, 0.25) is 0 Å². The zero-order chi connectivity index (χ0) is 17.9. The van der Waals surface area contributed by atoms with Crippen LogP contribution >= 0.6 is 0 Å². The lowest BCUT2D eigenvalue weighted by molar-refractivity contribution is 0.0748. The van der Waals surface area contributed by atoms with Gasteiger partial charge in [0, 0.05) is 32.2 Å². The number of hydrogen-bond donors (Lipinski definition) is 2. The number of aromatic nitrogens is 2. The van der Waals surface area contributed by atoms with Gasteiger partial charge in [-0.1, -0.05) is 12.1 Å². The number of piperazine rings is 1. The number of H-pyrrole nitrogens is 1. The Morgan fingerprint density at radius 1 is 1.15 bits per heavy atom. The molecule has 2 amide bonds. The molecule has 0 bridgehead atoms. The number of nitrogens with one attached hydrogen (secondary N) is 2. The molecule has 3 heterocycles. The van der Waals surface area contributed by atoms with Gasteiger partial charge in [-0.05, 0) is 45.1 Å². The molecule has 4 rings (SSSR count). The third-order valence-electron chi connectivity index (χ3n) is 5.65. The van der Waals surface area contributed by atoms with Crippen LogP contribution in [0.3, 0.4) is 0 Å². The monoisotopic (exact) mass is 356 g/mol. The summed E-state index contributed by atoms with van der Waals surface area (Å²) in [6.45, 7) is 6.36. The molecule has 1 aromatic heterocycles. The van der Waals surface area contributed by atoms with E-state index in [-0.39, 0.29) is 6.03 Å². The molecule has 2 saturated heterocycles. The molecule has 0 aliphatic carbocycles. The second kappa shape index (κ2) is 7.63. The zero-order valence-electron chi connectivity index (χ0n) is 15.4. The Morgan fingerprint density at radius 2 is 1.88 bits per heavy atom. The van der Waals surface area contributed by atoms with Gasteiger partial charge in [0.25, 0.3) is 0 Å². The molecule has 0 radical (unpaired) electrons. The van der Waals surface area contributed by atoms with E-state index >= 15 is 0 Å². The van der Waals surface area contributed by atoms with Gasteiger partial charge < -0.3 is 20.1 Å². The molecule has 2 aliphatic heterocycles. The van der Waals surface area contributed by atoms with Crippen molar-refractivity contribution in [2.75, 3.05) is 46.3 Å². The minimum atomic E-state index is 0.00786. The predicted octanol–water partition coefficient (Wildman–Crippen LogP) is 1.48. The van der Waals surface area contributed by atoms with Crippen LogP contribution in [0.4, 0.5) is 4.79 Å². The summed E-state index contributed by atoms with van der Waals surface area (Å²) in [5, 5.41) is 3.00. The van der Waals surface area contributed by atoms with Crippen molar-refractivity contribution >= 4 is 17.1 Å². The van der Waals surface area contributed by atoms with Crippen LogP contribution in [0.15, 0.2) is 24.3 Å². The van der Waals surface area contributed by atoms with Crippen molar-refractivity contribution in [1.29, 1.82) is 0 Å². The van der Waals surface area contributed by atoms with E-state index in [0.717, 1.165) is 43.0 Å². The first kappa shape index (κ1) is 17.3. The van der Waals surface area contributed by atoms with Crippen LogP contribution in [0.25, 0.3) is 11.0 Å². The number of fused-ring (bicyclic) bond motifs is 1. The first-order valence-electron chi connectivity index (χ1n) is 9.58. The number of carbonyl (C=O) groups excluding carboxylic acids is 1. The summed E-state index contributed by atoms with van der Waals surface area (Å²) in [7, 11) is 2.19. The SMILES string of the molecule is CN1CCC(N2CCN(C(=O)NCc3nc4ccccc4[nH]3)CC2)CC1. The van der Waals surface area contributed by atoms with E-state index in [2.05, 4.69) is 32.1 Å². The Morgan fingerprint density at radius 3 is 2.62 bits per heavy atom. The first-order chi connectivity index (χ1) is 12.7. The van der Waals surface area contributed by atoms with Gasteiger partial charge in [-0.15, -0.1) is 0 Å². The van der Waals surface area contributed by atoms with Gasteiger partial charge >= 0.3 is 6.03 Å². The lowest BCUT2D eigenvalue weighted by Crippen LogP contribution is -2.55. The number of para-hydroxylation sites is 2. The average molecular weight is 356 g/mol. The molecular weight excluding hydrogens is 328 g/mol. The quantitative estimate of drug-likeness (QED) is 0.874. The van der Waals surface area contributed by atoms with Crippen molar-refractivity contribution < 1.29 is 4.79 Å². The Bertz CT molecular complexity index is 710. The van der Waals surface area contributed by atoms with Crippen molar-refractivity contribution in [2.45, 2.75) is 25.4 Å². The summed E-state index contributed by atoms with van der Waals surface area (Å²) in [5.41, 5.74) is 1.94. The smallest absolute Gasteiger partial charge is 0.317 e. The fraction of sp³-hybridized carbons (Fsp3) is 0.579. The second-order valence-electron chi connectivity index (χ2n) is 7.42. The minimum absolute atomic E-state index is 0.00786. The highest BCUT2D eigenvalue weighted by molar-refractivity contribution is 5.76. The van der Waals surface area contributed by atoms with E-state index in [4.69, 9.17) is 0 Å². The van der Waals surface area contributed by atoms with Gasteiger partial charge in [-0.25, -0.2) is 9.78 Å². The second-order valence-corrected chi connectivity index (χ2v) is 7.42. The summed E-state index contributed by atoms with van der Waals surface area (Å²) >= 11 is 0. The maximum Gasteiger partial charge on any atom is 0.317 e. The van der Waals surface area contributed by atoms with E-state index in [9.17, 15) is 4.79 Å². The van der Waals surface area contributed by atoms with E-state index in [1.807, 2.05) is 29.2 Å². The van der Waals surface area contributed by atoms with Gasteiger partial charge in [0.05, 0.1) is 17.6 Å². The fourth-order valence-corrected chi connectivity index (χ4v) is 4.01. The molecule has 1 aromatic carbocycles. The maximum atomic E-state index is 12.5. The summed E-state index contributed by atoms with van der Waals surface area (Å²) in [4.78, 5) is 27.1. The Hall–Kier alpha value is -2.12. The predicted molar refractivity (Wildman–Crippen MR) is 102 cm³/mol. The largest absolute Gasteiger partial charge is 0.340 e. The molecule has 140 valence electrons. The standard InChI is InChI=1S/C19H28N6O/c1-23-8-6-15(7-9-23)24-10-12-25(13-11-24)19(26)20-14-18-21-16-4-2-3-5-17(16)22-18/h2-5,15H,6-14H2,1H3,(H,20,26)(H,21,22). The molecule has 2 N–H and O–H groups in total. The Kier molecular flexibility index (Phi) is 5.08. The number of urea groups is 1. The number of aromatic amines is 1. The highest BCUT2D eigenvalue weighted by Crippen LogP contribution is 2.17. The highest BCUT2D eigenvalue weighted by atomic mass is 16.2. The summed E-state index contributed by atoms with van der Waals surface area (Å²) in [6.07, 6.45) is 2.49. The first-order valence-corrected chi connectivity index (χ1v) is 9.58. The Labute approximate surface area is 154 Å². The number of benzene rings is 1. The molecule has 0 spiro atoms. The molecule has 0 saturated carbocycles. The van der Waals surface area contributed by atoms with Gasteiger partial charge in [0.1, 0.15) is 5.82 Å². The lowest BCUT2D eigenvalue weighted by atomic mass is 10.0. The number of rotatable bonds is 3. The highest BCUT2D eigenvalue weighted by Gasteiger charge is 2.28. The van der Waals surface area contributed by atoms with Crippen LogP contribution in [-0.2, 0) is 6.54 Å². The summed E-state index contributed by atoms with van der Waals surface area (Å²) < 4.78 is 0. The zero-order valence-corrected chi connectivity index (χ0v) is 15.4. The van der Waals surface area contributed by atoms with Gasteiger partial charge in [0.15, 0.2) is 0 Å². The average Bonchev–Trinajstić information content (AvgIpc) is 3.10. The molecule has 7 heteroatoms. The number of piperidine rings is 1. The molecular formula is C19H28N6O. The molecule has 7 nitrogen and oxygen atoms in total. The van der Waals surface area contributed by atoms with Gasteiger partial charge in [-0.2, -0.15) is 0 Å². The van der Waals surface area contributed by atoms with Crippen molar-refractivity contribution in [3.05, 3.63) is 30.1 Å². The van der Waals surface area contributed by atoms with Gasteiger partial charge in [-0.3, -0.25) is 4.90 Å². The van der Waals surface area contributed by atoms with Crippen LogP contribution in [-0.4, -0.2) is 83.1 Å². The van der Waals surface area contributed by atoms with Crippen molar-refractivity contribution in [3.8, 4) is 0 Å². The van der Waals surface area contributed by atoms with E-state index < -0.39 is 0 Å².